The highest BCUT2D eigenvalue weighted by Crippen LogP contribution is 2.21. The molecule has 0 radical (unpaired) electrons. The Balaban J connectivity index is 1.82. The van der Waals surface area contributed by atoms with Crippen LogP contribution in [0, 0.1) is 0 Å². The van der Waals surface area contributed by atoms with Gasteiger partial charge in [-0.15, -0.1) is 11.8 Å². The lowest BCUT2D eigenvalue weighted by atomic mass is 10.3. The van der Waals surface area contributed by atoms with E-state index in [9.17, 15) is 4.79 Å². The molecule has 0 saturated heterocycles. The second kappa shape index (κ2) is 8.10. The Morgan fingerprint density at radius 1 is 1.14 bits per heavy atom. The zero-order valence-corrected chi connectivity index (χ0v) is 14.0. The van der Waals surface area contributed by atoms with Crippen molar-refractivity contribution in [2.45, 2.75) is 11.8 Å². The van der Waals surface area contributed by atoms with Crippen LogP contribution in [0.4, 0.5) is 5.69 Å². The maximum absolute atomic E-state index is 11.9. The van der Waals surface area contributed by atoms with E-state index in [0.717, 1.165) is 20.8 Å². The summed E-state index contributed by atoms with van der Waals surface area (Å²) in [6.07, 6.45) is 0. The van der Waals surface area contributed by atoms with Crippen LogP contribution in [0.1, 0.15) is 6.92 Å². The van der Waals surface area contributed by atoms with Crippen molar-refractivity contribution >= 4 is 39.3 Å². The van der Waals surface area contributed by atoms with Crippen LogP contribution in [0.3, 0.4) is 0 Å². The van der Waals surface area contributed by atoms with Crippen molar-refractivity contribution in [3.8, 4) is 5.75 Å². The topological polar surface area (TPSA) is 38.3 Å². The number of carbonyl (C=O) groups excluding carboxylic acids is 1. The summed E-state index contributed by atoms with van der Waals surface area (Å²) >= 11 is 4.90. The van der Waals surface area contributed by atoms with Crippen molar-refractivity contribution in [1.29, 1.82) is 0 Å². The van der Waals surface area contributed by atoms with Crippen molar-refractivity contribution < 1.29 is 9.53 Å². The lowest BCUT2D eigenvalue weighted by Gasteiger charge is -2.07. The number of benzene rings is 2. The minimum Gasteiger partial charge on any atom is -0.494 e. The molecule has 0 spiro atoms. The smallest absolute Gasteiger partial charge is 0.234 e. The molecule has 0 unspecified atom stereocenters. The summed E-state index contributed by atoms with van der Waals surface area (Å²) in [6.45, 7) is 2.57. The number of ether oxygens (including phenoxy) is 1. The highest BCUT2D eigenvalue weighted by atomic mass is 79.9. The standard InChI is InChI=1S/C16H16BrNO2S/c1-2-20-14-7-5-13(6-8-14)18-16(19)11-21-15-9-3-12(17)4-10-15/h3-10H,2,11H2,1H3,(H,18,19). The normalized spacial score (nSPS) is 10.2. The van der Waals surface area contributed by atoms with Crippen LogP contribution in [0.2, 0.25) is 0 Å². The Morgan fingerprint density at radius 3 is 2.43 bits per heavy atom. The molecule has 3 nitrogen and oxygen atoms in total. The van der Waals surface area contributed by atoms with Gasteiger partial charge in [-0.2, -0.15) is 0 Å². The fraction of sp³-hybridized carbons (Fsp3) is 0.188. The number of amides is 1. The molecule has 2 aromatic rings. The van der Waals surface area contributed by atoms with Crippen LogP contribution in [0.25, 0.3) is 0 Å². The maximum Gasteiger partial charge on any atom is 0.234 e. The van der Waals surface area contributed by atoms with Crippen molar-refractivity contribution in [1.82, 2.24) is 0 Å². The Labute approximate surface area is 137 Å². The van der Waals surface area contributed by atoms with Gasteiger partial charge >= 0.3 is 0 Å². The third-order valence-electron chi connectivity index (χ3n) is 2.63. The number of carbonyl (C=O) groups is 1. The van der Waals surface area contributed by atoms with Crippen LogP contribution < -0.4 is 10.1 Å². The lowest BCUT2D eigenvalue weighted by molar-refractivity contribution is -0.113. The highest BCUT2D eigenvalue weighted by molar-refractivity contribution is 9.10. The van der Waals surface area contributed by atoms with Gasteiger partial charge in [-0.1, -0.05) is 15.9 Å². The van der Waals surface area contributed by atoms with E-state index in [1.807, 2.05) is 55.5 Å². The number of anilines is 1. The molecule has 110 valence electrons. The molecular weight excluding hydrogens is 350 g/mol. The number of thioether (sulfide) groups is 1. The van der Waals surface area contributed by atoms with Crippen LogP contribution in [0.5, 0.6) is 5.75 Å². The summed E-state index contributed by atoms with van der Waals surface area (Å²) in [5.41, 5.74) is 0.778. The van der Waals surface area contributed by atoms with Gasteiger partial charge in [0.15, 0.2) is 0 Å². The summed E-state index contributed by atoms with van der Waals surface area (Å²) in [4.78, 5) is 13.0. The van der Waals surface area contributed by atoms with E-state index >= 15 is 0 Å². The van der Waals surface area contributed by atoms with Gasteiger partial charge in [-0.3, -0.25) is 4.79 Å². The molecular formula is C16H16BrNO2S. The number of nitrogens with one attached hydrogen (secondary N) is 1. The average molecular weight is 366 g/mol. The molecule has 0 fully saturated rings. The molecule has 0 heterocycles. The largest absolute Gasteiger partial charge is 0.494 e. The monoisotopic (exact) mass is 365 g/mol. The third-order valence-corrected chi connectivity index (χ3v) is 4.17. The fourth-order valence-corrected chi connectivity index (χ4v) is 2.64. The molecule has 5 heteroatoms. The van der Waals surface area contributed by atoms with E-state index in [1.165, 1.54) is 11.8 Å². The van der Waals surface area contributed by atoms with E-state index in [1.54, 1.807) is 0 Å². The number of rotatable bonds is 6. The van der Waals surface area contributed by atoms with Gasteiger partial charge in [-0.05, 0) is 55.5 Å². The van der Waals surface area contributed by atoms with Crippen molar-refractivity contribution in [2.24, 2.45) is 0 Å². The molecule has 0 aliphatic heterocycles. The lowest BCUT2D eigenvalue weighted by Crippen LogP contribution is -2.13. The Hall–Kier alpha value is -1.46. The summed E-state index contributed by atoms with van der Waals surface area (Å²) in [5, 5.41) is 2.87. The first-order valence-corrected chi connectivity index (χ1v) is 8.36. The Kier molecular flexibility index (Phi) is 6.14. The van der Waals surface area contributed by atoms with Crippen molar-refractivity contribution in [2.75, 3.05) is 17.7 Å². The Bertz CT molecular complexity index is 584. The fourth-order valence-electron chi connectivity index (χ4n) is 1.68. The first-order chi connectivity index (χ1) is 10.2. The molecule has 1 amide bonds. The van der Waals surface area contributed by atoms with Crippen molar-refractivity contribution in [3.63, 3.8) is 0 Å². The van der Waals surface area contributed by atoms with Crippen LogP contribution >= 0.6 is 27.7 Å². The molecule has 21 heavy (non-hydrogen) atoms. The van der Waals surface area contributed by atoms with E-state index in [-0.39, 0.29) is 5.91 Å². The molecule has 0 bridgehead atoms. The molecule has 1 N–H and O–H groups in total. The van der Waals surface area contributed by atoms with E-state index < -0.39 is 0 Å². The SMILES string of the molecule is CCOc1ccc(NC(=O)CSc2ccc(Br)cc2)cc1. The quantitative estimate of drug-likeness (QED) is 0.761. The number of hydrogen-bond acceptors (Lipinski definition) is 3. The molecule has 0 aromatic heterocycles. The molecule has 0 saturated carbocycles. The van der Waals surface area contributed by atoms with Gasteiger partial charge in [0.2, 0.25) is 5.91 Å². The average Bonchev–Trinajstić information content (AvgIpc) is 2.49. The van der Waals surface area contributed by atoms with Crippen LogP contribution in [0.15, 0.2) is 57.9 Å². The second-order valence-corrected chi connectivity index (χ2v) is 6.21. The summed E-state index contributed by atoms with van der Waals surface area (Å²) in [6, 6.07) is 15.3. The first kappa shape index (κ1) is 15.9. The second-order valence-electron chi connectivity index (χ2n) is 4.25. The number of halogens is 1. The zero-order valence-electron chi connectivity index (χ0n) is 11.6. The van der Waals surface area contributed by atoms with Gasteiger partial charge in [-0.25, -0.2) is 0 Å². The minimum absolute atomic E-state index is 0.0212. The summed E-state index contributed by atoms with van der Waals surface area (Å²) in [5.74, 6) is 1.17. The molecule has 0 aliphatic rings. The molecule has 2 aromatic carbocycles. The predicted octanol–water partition coefficient (Wildman–Crippen LogP) is 4.58. The summed E-state index contributed by atoms with van der Waals surface area (Å²) < 4.78 is 6.39. The third kappa shape index (κ3) is 5.44. The highest BCUT2D eigenvalue weighted by Gasteiger charge is 2.04. The minimum atomic E-state index is -0.0212. The maximum atomic E-state index is 11.9. The van der Waals surface area contributed by atoms with Crippen LogP contribution in [-0.4, -0.2) is 18.3 Å². The van der Waals surface area contributed by atoms with E-state index in [2.05, 4.69) is 21.2 Å². The van der Waals surface area contributed by atoms with Gasteiger partial charge in [0.1, 0.15) is 5.75 Å². The molecule has 2 rings (SSSR count). The molecule has 0 atom stereocenters. The van der Waals surface area contributed by atoms with Gasteiger partial charge < -0.3 is 10.1 Å². The zero-order chi connectivity index (χ0) is 15.1. The van der Waals surface area contributed by atoms with Crippen LogP contribution in [-0.2, 0) is 4.79 Å². The van der Waals surface area contributed by atoms with Gasteiger partial charge in [0.25, 0.3) is 0 Å². The predicted molar refractivity (Wildman–Crippen MR) is 91.1 cm³/mol. The first-order valence-electron chi connectivity index (χ1n) is 6.58. The summed E-state index contributed by atoms with van der Waals surface area (Å²) in [7, 11) is 0. The number of hydrogen-bond donors (Lipinski definition) is 1. The Morgan fingerprint density at radius 2 is 1.81 bits per heavy atom. The van der Waals surface area contributed by atoms with Gasteiger partial charge in [0, 0.05) is 15.1 Å². The van der Waals surface area contributed by atoms with E-state index in [4.69, 9.17) is 4.74 Å². The van der Waals surface area contributed by atoms with Crippen molar-refractivity contribution in [3.05, 3.63) is 53.0 Å². The van der Waals surface area contributed by atoms with E-state index in [0.29, 0.717) is 12.4 Å². The molecule has 0 aliphatic carbocycles. The van der Waals surface area contributed by atoms with Gasteiger partial charge in [0.05, 0.1) is 12.4 Å².